The number of hydrogen-bond acceptors (Lipinski definition) is 5. The highest BCUT2D eigenvalue weighted by Gasteiger charge is 2.38. The maximum atomic E-state index is 12.8. The maximum Gasteiger partial charge on any atom is 0.410 e. The number of hydroxylamine groups is 2. The van der Waals surface area contributed by atoms with E-state index < -0.39 is 11.2 Å². The van der Waals surface area contributed by atoms with Gasteiger partial charge in [-0.15, -0.1) is 0 Å². The monoisotopic (exact) mass is 350 g/mol. The lowest BCUT2D eigenvalue weighted by Crippen LogP contribution is -2.40. The molecular formula is C17H26N4O4. The number of hydrogen-bond donors (Lipinski definition) is 0. The Kier molecular flexibility index (Phi) is 4.06. The molecule has 0 fully saturated rings. The van der Waals surface area contributed by atoms with E-state index in [1.165, 1.54) is 5.06 Å². The van der Waals surface area contributed by atoms with Crippen molar-refractivity contribution in [1.29, 1.82) is 0 Å². The molecule has 2 aliphatic rings. The molecule has 25 heavy (non-hydrogen) atoms. The summed E-state index contributed by atoms with van der Waals surface area (Å²) in [6.07, 6.45) is 0.233. The van der Waals surface area contributed by atoms with Crippen LogP contribution in [0.25, 0.3) is 0 Å². The van der Waals surface area contributed by atoms with Crippen molar-refractivity contribution in [2.24, 2.45) is 0 Å². The fourth-order valence-electron chi connectivity index (χ4n) is 3.21. The number of ether oxygens (including phenoxy) is 1. The third kappa shape index (κ3) is 3.49. The molecule has 1 aromatic heterocycles. The Morgan fingerprint density at radius 1 is 1.32 bits per heavy atom. The average Bonchev–Trinajstić information content (AvgIpc) is 2.75. The van der Waals surface area contributed by atoms with Gasteiger partial charge in [-0.2, -0.15) is 5.10 Å². The van der Waals surface area contributed by atoms with Crippen LogP contribution in [0.3, 0.4) is 0 Å². The number of rotatable bonds is 0. The molecule has 0 unspecified atom stereocenters. The summed E-state index contributed by atoms with van der Waals surface area (Å²) in [6, 6.07) is 0. The molecule has 8 nitrogen and oxygen atoms in total. The highest BCUT2D eigenvalue weighted by molar-refractivity contribution is 5.94. The van der Waals surface area contributed by atoms with Gasteiger partial charge in [-0.3, -0.25) is 14.3 Å². The second kappa shape index (κ2) is 5.72. The molecule has 1 aromatic rings. The molecular weight excluding hydrogens is 324 g/mol. The number of fused-ring (bicyclic) bond motifs is 3. The Hall–Kier alpha value is -2.09. The summed E-state index contributed by atoms with van der Waals surface area (Å²) in [5.74, 6) is -0.245. The average molecular weight is 350 g/mol. The van der Waals surface area contributed by atoms with E-state index in [4.69, 9.17) is 9.57 Å². The molecule has 3 rings (SSSR count). The lowest BCUT2D eigenvalue weighted by Gasteiger charge is -2.30. The molecule has 138 valence electrons. The van der Waals surface area contributed by atoms with Crippen molar-refractivity contribution in [2.75, 3.05) is 13.6 Å². The number of aromatic nitrogens is 2. The Morgan fingerprint density at radius 2 is 2.00 bits per heavy atom. The van der Waals surface area contributed by atoms with E-state index in [1.807, 2.05) is 34.6 Å². The van der Waals surface area contributed by atoms with E-state index in [2.05, 4.69) is 5.10 Å². The molecule has 0 saturated heterocycles. The number of nitrogens with zero attached hydrogens (tertiary/aromatic N) is 4. The molecule has 3 heterocycles. The SMILES string of the molecule is CN1OC(C)(C)Cn2nc3c(c2C1=O)CN(C(=O)OC(C)(C)C)CC3. The van der Waals surface area contributed by atoms with Gasteiger partial charge < -0.3 is 9.64 Å². The maximum absolute atomic E-state index is 12.8. The third-order valence-corrected chi connectivity index (χ3v) is 4.16. The lowest BCUT2D eigenvalue weighted by molar-refractivity contribution is -0.190. The van der Waals surface area contributed by atoms with E-state index in [0.29, 0.717) is 31.7 Å². The van der Waals surface area contributed by atoms with Crippen molar-refractivity contribution in [2.45, 2.75) is 65.3 Å². The summed E-state index contributed by atoms with van der Waals surface area (Å²) in [5, 5.41) is 5.87. The van der Waals surface area contributed by atoms with Crippen LogP contribution in [-0.2, 0) is 29.1 Å². The van der Waals surface area contributed by atoms with Gasteiger partial charge in [0.25, 0.3) is 5.91 Å². The molecule has 0 saturated carbocycles. The molecule has 0 aliphatic carbocycles. The van der Waals surface area contributed by atoms with Crippen LogP contribution in [0.1, 0.15) is 56.4 Å². The second-order valence-electron chi connectivity index (χ2n) is 8.24. The first-order valence-electron chi connectivity index (χ1n) is 8.50. The molecule has 0 bridgehead atoms. The second-order valence-corrected chi connectivity index (χ2v) is 8.24. The van der Waals surface area contributed by atoms with Gasteiger partial charge in [0.05, 0.1) is 18.8 Å². The smallest absolute Gasteiger partial charge is 0.410 e. The molecule has 2 amide bonds. The van der Waals surface area contributed by atoms with Crippen molar-refractivity contribution in [3.63, 3.8) is 0 Å². The fourth-order valence-corrected chi connectivity index (χ4v) is 3.21. The van der Waals surface area contributed by atoms with Gasteiger partial charge in [0.15, 0.2) is 0 Å². The van der Waals surface area contributed by atoms with E-state index in [1.54, 1.807) is 16.6 Å². The lowest BCUT2D eigenvalue weighted by atomic mass is 10.0. The van der Waals surface area contributed by atoms with E-state index in [9.17, 15) is 9.59 Å². The summed E-state index contributed by atoms with van der Waals surface area (Å²) in [4.78, 5) is 32.5. The van der Waals surface area contributed by atoms with Crippen LogP contribution in [0.2, 0.25) is 0 Å². The Labute approximate surface area is 147 Å². The summed E-state index contributed by atoms with van der Waals surface area (Å²) in [5.41, 5.74) is 1.05. The largest absolute Gasteiger partial charge is 0.444 e. The standard InChI is InChI=1S/C17H26N4O4/c1-16(2,3)24-15(23)20-8-7-12-11(9-20)13-14(22)19(6)25-17(4,5)10-21(13)18-12/h7-10H2,1-6H3. The zero-order chi connectivity index (χ0) is 18.6. The topological polar surface area (TPSA) is 76.9 Å². The predicted octanol–water partition coefficient (Wildman–Crippen LogP) is 1.97. The van der Waals surface area contributed by atoms with E-state index in [0.717, 1.165) is 11.3 Å². The Balaban J connectivity index is 1.92. The normalized spacial score (nSPS) is 20.0. The first kappa shape index (κ1) is 17.7. The van der Waals surface area contributed by atoms with Gasteiger partial charge in [0.1, 0.15) is 16.9 Å². The molecule has 8 heteroatoms. The van der Waals surface area contributed by atoms with Crippen LogP contribution in [0.4, 0.5) is 4.79 Å². The third-order valence-electron chi connectivity index (χ3n) is 4.16. The first-order chi connectivity index (χ1) is 11.5. The highest BCUT2D eigenvalue weighted by Crippen LogP contribution is 2.29. The summed E-state index contributed by atoms with van der Waals surface area (Å²) in [6.45, 7) is 10.7. The molecule has 0 spiro atoms. The zero-order valence-corrected chi connectivity index (χ0v) is 15.8. The van der Waals surface area contributed by atoms with Gasteiger partial charge in [-0.05, 0) is 34.6 Å². The van der Waals surface area contributed by atoms with Crippen molar-refractivity contribution in [3.05, 3.63) is 17.0 Å². The van der Waals surface area contributed by atoms with Crippen LogP contribution < -0.4 is 0 Å². The minimum atomic E-state index is -0.554. The fraction of sp³-hybridized carbons (Fsp3) is 0.706. The number of carbonyl (C=O) groups excluding carboxylic acids is 2. The summed E-state index contributed by atoms with van der Waals surface area (Å²) in [7, 11) is 1.60. The van der Waals surface area contributed by atoms with Crippen molar-refractivity contribution >= 4 is 12.0 Å². The van der Waals surface area contributed by atoms with Crippen molar-refractivity contribution in [3.8, 4) is 0 Å². The van der Waals surface area contributed by atoms with Crippen LogP contribution in [0.15, 0.2) is 0 Å². The van der Waals surface area contributed by atoms with Gasteiger partial charge in [-0.1, -0.05) is 0 Å². The molecule has 0 atom stereocenters. The minimum absolute atomic E-state index is 0.245. The molecule has 0 aromatic carbocycles. The summed E-state index contributed by atoms with van der Waals surface area (Å²) < 4.78 is 7.18. The van der Waals surface area contributed by atoms with Crippen LogP contribution in [0.5, 0.6) is 0 Å². The van der Waals surface area contributed by atoms with E-state index >= 15 is 0 Å². The van der Waals surface area contributed by atoms with E-state index in [-0.39, 0.29) is 12.0 Å². The summed E-state index contributed by atoms with van der Waals surface area (Å²) >= 11 is 0. The quantitative estimate of drug-likeness (QED) is 0.715. The van der Waals surface area contributed by atoms with Gasteiger partial charge in [0.2, 0.25) is 0 Å². The molecule has 0 radical (unpaired) electrons. The van der Waals surface area contributed by atoms with Crippen LogP contribution >= 0.6 is 0 Å². The Bertz CT molecular complexity index is 717. The number of carbonyl (C=O) groups is 2. The molecule has 0 N–H and O–H groups in total. The van der Waals surface area contributed by atoms with Crippen LogP contribution in [-0.4, -0.2) is 56.5 Å². The van der Waals surface area contributed by atoms with Crippen molar-refractivity contribution in [1.82, 2.24) is 19.7 Å². The predicted molar refractivity (Wildman–Crippen MR) is 89.8 cm³/mol. The Morgan fingerprint density at radius 3 is 2.64 bits per heavy atom. The minimum Gasteiger partial charge on any atom is -0.444 e. The van der Waals surface area contributed by atoms with Gasteiger partial charge >= 0.3 is 6.09 Å². The first-order valence-corrected chi connectivity index (χ1v) is 8.50. The van der Waals surface area contributed by atoms with Gasteiger partial charge in [0, 0.05) is 25.6 Å². The van der Waals surface area contributed by atoms with Crippen LogP contribution in [0, 0.1) is 0 Å². The van der Waals surface area contributed by atoms with Crippen molar-refractivity contribution < 1.29 is 19.2 Å². The number of amides is 2. The molecule has 2 aliphatic heterocycles. The zero-order valence-electron chi connectivity index (χ0n) is 15.8. The highest BCUT2D eigenvalue weighted by atomic mass is 16.7. The van der Waals surface area contributed by atoms with Gasteiger partial charge in [-0.25, -0.2) is 9.86 Å².